The SMILES string of the molecule is COc1ccc(C2(C(=O)NCC3CN(CC(C)C)CCO3)CCCCC2)cc1. The largest absolute Gasteiger partial charge is 0.497 e. The van der Waals surface area contributed by atoms with Crippen molar-refractivity contribution in [3.8, 4) is 5.75 Å². The minimum atomic E-state index is -0.420. The number of hydrogen-bond donors (Lipinski definition) is 1. The molecule has 0 spiro atoms. The van der Waals surface area contributed by atoms with E-state index in [1.165, 1.54) is 6.42 Å². The molecule has 1 aliphatic carbocycles. The second-order valence-corrected chi connectivity index (χ2v) is 8.73. The van der Waals surface area contributed by atoms with Crippen molar-refractivity contribution >= 4 is 5.91 Å². The molecule has 1 amide bonds. The fourth-order valence-corrected chi connectivity index (χ4v) is 4.67. The predicted molar refractivity (Wildman–Crippen MR) is 112 cm³/mol. The van der Waals surface area contributed by atoms with Crippen molar-refractivity contribution in [2.45, 2.75) is 57.5 Å². The van der Waals surface area contributed by atoms with E-state index in [9.17, 15) is 4.79 Å². The minimum Gasteiger partial charge on any atom is -0.497 e. The van der Waals surface area contributed by atoms with E-state index in [-0.39, 0.29) is 12.0 Å². The van der Waals surface area contributed by atoms with Crippen LogP contribution in [-0.4, -0.2) is 56.8 Å². The van der Waals surface area contributed by atoms with Crippen molar-refractivity contribution in [3.05, 3.63) is 29.8 Å². The Morgan fingerprint density at radius 3 is 2.61 bits per heavy atom. The first-order chi connectivity index (χ1) is 13.5. The van der Waals surface area contributed by atoms with E-state index in [0.29, 0.717) is 12.5 Å². The van der Waals surface area contributed by atoms with Gasteiger partial charge in [-0.25, -0.2) is 0 Å². The van der Waals surface area contributed by atoms with Crippen molar-refractivity contribution in [1.29, 1.82) is 0 Å². The van der Waals surface area contributed by atoms with Crippen LogP contribution < -0.4 is 10.1 Å². The Balaban J connectivity index is 1.65. The first kappa shape index (κ1) is 21.1. The zero-order valence-electron chi connectivity index (χ0n) is 17.7. The molecule has 0 aromatic heterocycles. The highest BCUT2D eigenvalue weighted by Crippen LogP contribution is 2.40. The minimum absolute atomic E-state index is 0.0768. The second kappa shape index (κ2) is 9.75. The number of nitrogens with one attached hydrogen (secondary N) is 1. The number of nitrogens with zero attached hydrogens (tertiary/aromatic N) is 1. The molecule has 0 radical (unpaired) electrons. The van der Waals surface area contributed by atoms with E-state index in [4.69, 9.17) is 9.47 Å². The lowest BCUT2D eigenvalue weighted by Crippen LogP contribution is -2.52. The number of amides is 1. The number of methoxy groups -OCH3 is 1. The zero-order chi connectivity index (χ0) is 20.0. The Bertz CT molecular complexity index is 623. The summed E-state index contributed by atoms with van der Waals surface area (Å²) in [7, 11) is 1.67. The highest BCUT2D eigenvalue weighted by Gasteiger charge is 2.41. The lowest BCUT2D eigenvalue weighted by atomic mass is 9.68. The van der Waals surface area contributed by atoms with Gasteiger partial charge in [-0.2, -0.15) is 0 Å². The maximum Gasteiger partial charge on any atom is 0.230 e. The highest BCUT2D eigenvalue weighted by atomic mass is 16.5. The average Bonchev–Trinajstić information content (AvgIpc) is 2.72. The standard InChI is InChI=1S/C23H36N2O3/c1-18(2)16-25-13-14-28-21(17-25)15-24-22(26)23(11-5-4-6-12-23)19-7-9-20(27-3)10-8-19/h7-10,18,21H,4-6,11-17H2,1-3H3,(H,24,26). The molecule has 1 unspecified atom stereocenters. The van der Waals surface area contributed by atoms with E-state index in [1.807, 2.05) is 12.1 Å². The molecule has 5 nitrogen and oxygen atoms in total. The third-order valence-corrected chi connectivity index (χ3v) is 6.12. The summed E-state index contributed by atoms with van der Waals surface area (Å²) in [6.07, 6.45) is 5.31. The van der Waals surface area contributed by atoms with Crippen LogP contribution in [0.1, 0.15) is 51.5 Å². The van der Waals surface area contributed by atoms with Crippen LogP contribution >= 0.6 is 0 Å². The molecular formula is C23H36N2O3. The van der Waals surface area contributed by atoms with Crippen molar-refractivity contribution in [2.75, 3.05) is 39.9 Å². The van der Waals surface area contributed by atoms with E-state index < -0.39 is 5.41 Å². The molecule has 156 valence electrons. The van der Waals surface area contributed by atoms with E-state index in [1.54, 1.807) is 7.11 Å². The molecule has 1 saturated carbocycles. The van der Waals surface area contributed by atoms with Crippen LogP contribution in [0.5, 0.6) is 5.75 Å². The molecule has 2 fully saturated rings. The number of ether oxygens (including phenoxy) is 2. The third-order valence-electron chi connectivity index (χ3n) is 6.12. The number of rotatable bonds is 7. The molecule has 2 aliphatic rings. The molecular weight excluding hydrogens is 352 g/mol. The van der Waals surface area contributed by atoms with Gasteiger partial charge in [0.1, 0.15) is 5.75 Å². The summed E-state index contributed by atoms with van der Waals surface area (Å²) in [6.45, 7) is 8.79. The van der Waals surface area contributed by atoms with E-state index in [0.717, 1.165) is 63.2 Å². The molecule has 1 aromatic carbocycles. The fraction of sp³-hybridized carbons (Fsp3) is 0.696. The van der Waals surface area contributed by atoms with Gasteiger partial charge in [0.05, 0.1) is 25.2 Å². The molecule has 1 saturated heterocycles. The molecule has 28 heavy (non-hydrogen) atoms. The van der Waals surface area contributed by atoms with Crippen molar-refractivity contribution in [1.82, 2.24) is 10.2 Å². The summed E-state index contributed by atoms with van der Waals surface area (Å²) >= 11 is 0. The maximum atomic E-state index is 13.4. The Morgan fingerprint density at radius 1 is 1.25 bits per heavy atom. The molecule has 5 heteroatoms. The maximum absolute atomic E-state index is 13.4. The summed E-state index contributed by atoms with van der Waals surface area (Å²) < 4.78 is 11.2. The molecule has 1 aliphatic heterocycles. The molecule has 1 N–H and O–H groups in total. The van der Waals surface area contributed by atoms with Crippen molar-refractivity contribution in [2.24, 2.45) is 5.92 Å². The summed E-state index contributed by atoms with van der Waals surface area (Å²) in [5.41, 5.74) is 0.688. The van der Waals surface area contributed by atoms with Gasteiger partial charge in [-0.05, 0) is 36.5 Å². The average molecular weight is 389 g/mol. The van der Waals surface area contributed by atoms with Gasteiger partial charge < -0.3 is 14.8 Å². The molecule has 1 heterocycles. The summed E-state index contributed by atoms with van der Waals surface area (Å²) in [5.74, 6) is 1.63. The highest BCUT2D eigenvalue weighted by molar-refractivity contribution is 5.88. The zero-order valence-corrected chi connectivity index (χ0v) is 17.7. The van der Waals surface area contributed by atoms with Crippen molar-refractivity contribution in [3.63, 3.8) is 0 Å². The van der Waals surface area contributed by atoms with Crippen molar-refractivity contribution < 1.29 is 14.3 Å². The Labute approximate surface area is 169 Å². The quantitative estimate of drug-likeness (QED) is 0.778. The van der Waals surface area contributed by atoms with Crippen LogP contribution in [-0.2, 0) is 14.9 Å². The van der Waals surface area contributed by atoms with Gasteiger partial charge in [-0.15, -0.1) is 0 Å². The van der Waals surface area contributed by atoms with Crippen LogP contribution in [0.3, 0.4) is 0 Å². The summed E-state index contributed by atoms with van der Waals surface area (Å²) in [5, 5.41) is 3.24. The van der Waals surface area contributed by atoms with Crippen LogP contribution in [0.25, 0.3) is 0 Å². The normalized spacial score (nSPS) is 22.8. The number of carbonyl (C=O) groups excluding carboxylic acids is 1. The third kappa shape index (κ3) is 5.06. The number of carbonyl (C=O) groups is 1. The van der Waals surface area contributed by atoms with Gasteiger partial charge in [0.2, 0.25) is 5.91 Å². The van der Waals surface area contributed by atoms with Gasteiger partial charge in [0, 0.05) is 26.2 Å². The molecule has 3 rings (SSSR count). The monoisotopic (exact) mass is 388 g/mol. The Morgan fingerprint density at radius 2 is 1.96 bits per heavy atom. The van der Waals surface area contributed by atoms with Gasteiger partial charge in [-0.1, -0.05) is 45.2 Å². The fourth-order valence-electron chi connectivity index (χ4n) is 4.67. The van der Waals surface area contributed by atoms with Gasteiger partial charge in [0.25, 0.3) is 0 Å². The Hall–Kier alpha value is -1.59. The first-order valence-corrected chi connectivity index (χ1v) is 10.8. The van der Waals surface area contributed by atoms with E-state index in [2.05, 4.69) is 36.2 Å². The number of hydrogen-bond acceptors (Lipinski definition) is 4. The van der Waals surface area contributed by atoms with Crippen LogP contribution in [0, 0.1) is 5.92 Å². The van der Waals surface area contributed by atoms with Crippen LogP contribution in [0.2, 0.25) is 0 Å². The number of benzene rings is 1. The van der Waals surface area contributed by atoms with Crippen LogP contribution in [0.15, 0.2) is 24.3 Å². The van der Waals surface area contributed by atoms with Gasteiger partial charge in [-0.3, -0.25) is 9.69 Å². The molecule has 1 aromatic rings. The smallest absolute Gasteiger partial charge is 0.230 e. The van der Waals surface area contributed by atoms with E-state index >= 15 is 0 Å². The summed E-state index contributed by atoms with van der Waals surface area (Å²) in [4.78, 5) is 15.8. The Kier molecular flexibility index (Phi) is 7.36. The first-order valence-electron chi connectivity index (χ1n) is 10.8. The molecule has 0 bridgehead atoms. The van der Waals surface area contributed by atoms with Gasteiger partial charge in [0.15, 0.2) is 0 Å². The number of morpholine rings is 1. The predicted octanol–water partition coefficient (Wildman–Crippen LogP) is 3.37. The van der Waals surface area contributed by atoms with Gasteiger partial charge >= 0.3 is 0 Å². The lowest BCUT2D eigenvalue weighted by Gasteiger charge is -2.38. The lowest BCUT2D eigenvalue weighted by molar-refractivity contribution is -0.129. The summed E-state index contributed by atoms with van der Waals surface area (Å²) in [6, 6.07) is 8.05. The molecule has 1 atom stereocenters. The topological polar surface area (TPSA) is 50.8 Å². The second-order valence-electron chi connectivity index (χ2n) is 8.73. The van der Waals surface area contributed by atoms with Crippen LogP contribution in [0.4, 0.5) is 0 Å².